The lowest BCUT2D eigenvalue weighted by atomic mass is 10.3. The van der Waals surface area contributed by atoms with Gasteiger partial charge >= 0.3 is 0 Å². The number of rotatable bonds is 5. The lowest BCUT2D eigenvalue weighted by molar-refractivity contribution is -0.120. The smallest absolute Gasteiger partial charge is 0.219 e. The second-order valence-corrected chi connectivity index (χ2v) is 5.31. The number of anilines is 1. The zero-order valence-electron chi connectivity index (χ0n) is 9.13. The first-order valence-electron chi connectivity index (χ1n) is 5.02. The molecule has 0 bridgehead atoms. The first-order chi connectivity index (χ1) is 7.63. The molecular weight excluding hydrogens is 288 g/mol. The third kappa shape index (κ3) is 4.45. The van der Waals surface area contributed by atoms with Crippen LogP contribution >= 0.6 is 27.7 Å². The minimum Gasteiger partial charge on any atom is -0.399 e. The molecule has 0 aliphatic carbocycles. The van der Waals surface area contributed by atoms with Crippen LogP contribution in [0.1, 0.15) is 12.8 Å². The molecule has 16 heavy (non-hydrogen) atoms. The van der Waals surface area contributed by atoms with Crippen LogP contribution in [0.4, 0.5) is 5.69 Å². The molecule has 0 unspecified atom stereocenters. The summed E-state index contributed by atoms with van der Waals surface area (Å²) in [6.45, 7) is 0. The van der Waals surface area contributed by atoms with E-state index in [1.54, 1.807) is 18.8 Å². The van der Waals surface area contributed by atoms with Crippen LogP contribution in [-0.4, -0.2) is 18.7 Å². The van der Waals surface area contributed by atoms with Gasteiger partial charge in [0, 0.05) is 28.5 Å². The van der Waals surface area contributed by atoms with Crippen molar-refractivity contribution in [2.75, 3.05) is 18.5 Å². The van der Waals surface area contributed by atoms with E-state index in [0.29, 0.717) is 6.42 Å². The Balaban J connectivity index is 2.35. The second-order valence-electron chi connectivity index (χ2n) is 3.32. The number of amides is 1. The van der Waals surface area contributed by atoms with Crippen LogP contribution in [0, 0.1) is 0 Å². The Morgan fingerprint density at radius 2 is 2.31 bits per heavy atom. The SMILES string of the molecule is CNC(=O)CCCSc1ccc(N)cc1Br. The number of nitrogens with one attached hydrogen (secondary N) is 1. The predicted octanol–water partition coefficient (Wildman–Crippen LogP) is 2.65. The van der Waals surface area contributed by atoms with Crippen molar-refractivity contribution in [3.05, 3.63) is 22.7 Å². The number of nitrogens with two attached hydrogens (primary N) is 1. The highest BCUT2D eigenvalue weighted by Gasteiger charge is 2.02. The summed E-state index contributed by atoms with van der Waals surface area (Å²) in [5.41, 5.74) is 6.40. The van der Waals surface area contributed by atoms with Gasteiger partial charge in [0.05, 0.1) is 0 Å². The van der Waals surface area contributed by atoms with Crippen LogP contribution in [0.25, 0.3) is 0 Å². The summed E-state index contributed by atoms with van der Waals surface area (Å²) in [6.07, 6.45) is 1.46. The first-order valence-corrected chi connectivity index (χ1v) is 6.79. The minimum atomic E-state index is 0.0944. The Labute approximate surface area is 108 Å². The standard InChI is InChI=1S/C11H15BrN2OS/c1-14-11(15)3-2-6-16-10-5-4-8(13)7-9(10)12/h4-5,7H,2-3,6,13H2,1H3,(H,14,15). The molecule has 0 aromatic heterocycles. The molecule has 1 aromatic carbocycles. The third-order valence-electron chi connectivity index (χ3n) is 2.04. The van der Waals surface area contributed by atoms with Gasteiger partial charge in [0.1, 0.15) is 0 Å². The molecule has 0 aliphatic heterocycles. The third-order valence-corrected chi connectivity index (χ3v) is 4.12. The number of carbonyl (C=O) groups is 1. The highest BCUT2D eigenvalue weighted by Crippen LogP contribution is 2.29. The van der Waals surface area contributed by atoms with Crippen LogP contribution in [0.5, 0.6) is 0 Å². The minimum absolute atomic E-state index is 0.0944. The number of hydrogen-bond acceptors (Lipinski definition) is 3. The summed E-state index contributed by atoms with van der Waals surface area (Å²) < 4.78 is 1.01. The summed E-state index contributed by atoms with van der Waals surface area (Å²) in [5, 5.41) is 2.61. The fraction of sp³-hybridized carbons (Fsp3) is 0.364. The first kappa shape index (κ1) is 13.4. The van der Waals surface area contributed by atoms with Crippen molar-refractivity contribution in [2.45, 2.75) is 17.7 Å². The van der Waals surface area contributed by atoms with Gasteiger partial charge in [0.2, 0.25) is 5.91 Å². The lowest BCUT2D eigenvalue weighted by Crippen LogP contribution is -2.17. The molecule has 0 aliphatic rings. The molecule has 88 valence electrons. The molecule has 0 saturated heterocycles. The van der Waals surface area contributed by atoms with Crippen LogP contribution < -0.4 is 11.1 Å². The van der Waals surface area contributed by atoms with Gasteiger partial charge in [-0.05, 0) is 46.3 Å². The Kier molecular flexibility index (Phi) is 5.69. The van der Waals surface area contributed by atoms with Crippen molar-refractivity contribution in [3.8, 4) is 0 Å². The molecule has 0 spiro atoms. The zero-order valence-corrected chi connectivity index (χ0v) is 11.5. The Bertz CT molecular complexity index is 371. The molecule has 0 radical (unpaired) electrons. The van der Waals surface area contributed by atoms with Gasteiger partial charge in [-0.3, -0.25) is 4.79 Å². The zero-order chi connectivity index (χ0) is 12.0. The maximum atomic E-state index is 11.0. The normalized spacial score (nSPS) is 10.1. The van der Waals surface area contributed by atoms with E-state index in [0.717, 1.165) is 27.2 Å². The largest absolute Gasteiger partial charge is 0.399 e. The molecule has 1 amide bonds. The van der Waals surface area contributed by atoms with Crippen LogP contribution in [-0.2, 0) is 4.79 Å². The number of carbonyl (C=O) groups excluding carboxylic acids is 1. The van der Waals surface area contributed by atoms with Crippen LogP contribution in [0.3, 0.4) is 0 Å². The van der Waals surface area contributed by atoms with E-state index < -0.39 is 0 Å². The summed E-state index contributed by atoms with van der Waals surface area (Å²) in [5.74, 6) is 1.02. The molecule has 0 fully saturated rings. The fourth-order valence-electron chi connectivity index (χ4n) is 1.17. The maximum Gasteiger partial charge on any atom is 0.219 e. The van der Waals surface area contributed by atoms with Crippen molar-refractivity contribution >= 4 is 39.3 Å². The van der Waals surface area contributed by atoms with Gasteiger partial charge in [-0.15, -0.1) is 11.8 Å². The molecule has 0 heterocycles. The molecule has 5 heteroatoms. The van der Waals surface area contributed by atoms with E-state index in [1.807, 2.05) is 18.2 Å². The van der Waals surface area contributed by atoms with E-state index in [9.17, 15) is 4.79 Å². The lowest BCUT2D eigenvalue weighted by Gasteiger charge is -2.05. The summed E-state index contributed by atoms with van der Waals surface area (Å²) in [6, 6.07) is 5.76. The van der Waals surface area contributed by atoms with Crippen molar-refractivity contribution in [2.24, 2.45) is 0 Å². The van der Waals surface area contributed by atoms with E-state index in [-0.39, 0.29) is 5.91 Å². The van der Waals surface area contributed by atoms with Gasteiger partial charge in [0.25, 0.3) is 0 Å². The van der Waals surface area contributed by atoms with E-state index in [4.69, 9.17) is 5.73 Å². The number of halogens is 1. The average molecular weight is 303 g/mol. The monoisotopic (exact) mass is 302 g/mol. The van der Waals surface area contributed by atoms with Gasteiger partial charge in [0.15, 0.2) is 0 Å². The molecule has 3 N–H and O–H groups in total. The number of benzene rings is 1. The molecule has 1 rings (SSSR count). The van der Waals surface area contributed by atoms with Gasteiger partial charge in [-0.25, -0.2) is 0 Å². The second kappa shape index (κ2) is 6.81. The average Bonchev–Trinajstić information content (AvgIpc) is 2.26. The van der Waals surface area contributed by atoms with E-state index in [2.05, 4.69) is 21.2 Å². The van der Waals surface area contributed by atoms with Crippen LogP contribution in [0.15, 0.2) is 27.6 Å². The Hall–Kier alpha value is -0.680. The molecular formula is C11H15BrN2OS. The topological polar surface area (TPSA) is 55.1 Å². The van der Waals surface area contributed by atoms with Crippen LogP contribution in [0.2, 0.25) is 0 Å². The summed E-state index contributed by atoms with van der Waals surface area (Å²) in [7, 11) is 1.66. The van der Waals surface area contributed by atoms with E-state index >= 15 is 0 Å². The van der Waals surface area contributed by atoms with Crippen molar-refractivity contribution in [1.29, 1.82) is 0 Å². The highest BCUT2D eigenvalue weighted by molar-refractivity contribution is 9.10. The Morgan fingerprint density at radius 3 is 2.94 bits per heavy atom. The van der Waals surface area contributed by atoms with Crippen molar-refractivity contribution in [1.82, 2.24) is 5.32 Å². The molecule has 0 atom stereocenters. The number of nitrogen functional groups attached to an aromatic ring is 1. The number of thioether (sulfide) groups is 1. The molecule has 0 saturated carbocycles. The van der Waals surface area contributed by atoms with Gasteiger partial charge in [-0.2, -0.15) is 0 Å². The quantitative estimate of drug-likeness (QED) is 0.499. The summed E-state index contributed by atoms with van der Waals surface area (Å²) in [4.78, 5) is 12.1. The summed E-state index contributed by atoms with van der Waals surface area (Å²) >= 11 is 5.19. The molecule has 1 aromatic rings. The maximum absolute atomic E-state index is 11.0. The highest BCUT2D eigenvalue weighted by atomic mass is 79.9. The fourth-order valence-corrected chi connectivity index (χ4v) is 2.78. The van der Waals surface area contributed by atoms with Crippen molar-refractivity contribution in [3.63, 3.8) is 0 Å². The van der Waals surface area contributed by atoms with Gasteiger partial charge in [-0.1, -0.05) is 0 Å². The van der Waals surface area contributed by atoms with Crippen molar-refractivity contribution < 1.29 is 4.79 Å². The predicted molar refractivity (Wildman–Crippen MR) is 72.6 cm³/mol. The molecule has 3 nitrogen and oxygen atoms in total. The van der Waals surface area contributed by atoms with E-state index in [1.165, 1.54) is 0 Å². The van der Waals surface area contributed by atoms with Gasteiger partial charge < -0.3 is 11.1 Å². The number of hydrogen-bond donors (Lipinski definition) is 2. The Morgan fingerprint density at radius 1 is 1.56 bits per heavy atom.